The standard InChI is InChI=1S/C8H12N4O3S/c13-11-7-2-5-12(6-3-7)16(14,15)8-1-4-9-10-8/h1,4,13H,2-3,5-6H2,(H,9,10). The molecular formula is C8H12N4O3S. The lowest BCUT2D eigenvalue weighted by Gasteiger charge is -2.25. The summed E-state index contributed by atoms with van der Waals surface area (Å²) in [5, 5.41) is 17.8. The van der Waals surface area contributed by atoms with Crippen molar-refractivity contribution in [1.29, 1.82) is 0 Å². The number of hydrogen-bond acceptors (Lipinski definition) is 5. The highest BCUT2D eigenvalue weighted by molar-refractivity contribution is 7.89. The molecule has 1 saturated heterocycles. The van der Waals surface area contributed by atoms with Gasteiger partial charge in [-0.15, -0.1) is 0 Å². The summed E-state index contributed by atoms with van der Waals surface area (Å²) in [6.45, 7) is 0.668. The summed E-state index contributed by atoms with van der Waals surface area (Å²) in [5.74, 6) is 0. The van der Waals surface area contributed by atoms with Crippen molar-refractivity contribution in [2.75, 3.05) is 13.1 Å². The molecule has 1 aromatic rings. The molecule has 0 saturated carbocycles. The van der Waals surface area contributed by atoms with E-state index in [1.807, 2.05) is 0 Å². The van der Waals surface area contributed by atoms with Gasteiger partial charge in [0, 0.05) is 25.9 Å². The van der Waals surface area contributed by atoms with Gasteiger partial charge in [-0.2, -0.15) is 9.40 Å². The minimum atomic E-state index is -3.47. The van der Waals surface area contributed by atoms with Crippen LogP contribution in [0.5, 0.6) is 0 Å². The number of hydrogen-bond donors (Lipinski definition) is 2. The van der Waals surface area contributed by atoms with Crippen LogP contribution in [-0.4, -0.2) is 46.9 Å². The van der Waals surface area contributed by atoms with Crippen LogP contribution < -0.4 is 0 Å². The van der Waals surface area contributed by atoms with Crippen molar-refractivity contribution in [1.82, 2.24) is 14.5 Å². The van der Waals surface area contributed by atoms with Crippen molar-refractivity contribution in [3.63, 3.8) is 0 Å². The molecule has 2 N–H and O–H groups in total. The molecule has 0 radical (unpaired) electrons. The van der Waals surface area contributed by atoms with Crippen LogP contribution >= 0.6 is 0 Å². The Morgan fingerprint density at radius 1 is 1.44 bits per heavy atom. The lowest BCUT2D eigenvalue weighted by atomic mass is 10.1. The molecule has 1 aliphatic rings. The molecule has 0 spiro atoms. The van der Waals surface area contributed by atoms with Crippen LogP contribution in [-0.2, 0) is 10.0 Å². The Hall–Kier alpha value is -1.41. The molecule has 8 heteroatoms. The van der Waals surface area contributed by atoms with E-state index in [1.165, 1.54) is 16.6 Å². The first-order valence-corrected chi connectivity index (χ1v) is 6.28. The molecule has 0 amide bonds. The number of sulfonamides is 1. The first kappa shape index (κ1) is 11.1. The maximum Gasteiger partial charge on any atom is 0.259 e. The highest BCUT2D eigenvalue weighted by atomic mass is 32.2. The Kier molecular flexibility index (Phi) is 2.92. The maximum atomic E-state index is 12.0. The molecule has 2 rings (SSSR count). The van der Waals surface area contributed by atoms with Crippen LogP contribution in [0.3, 0.4) is 0 Å². The number of oxime groups is 1. The second kappa shape index (κ2) is 4.22. The average molecular weight is 244 g/mol. The van der Waals surface area contributed by atoms with Crippen LogP contribution in [0, 0.1) is 0 Å². The molecule has 88 valence electrons. The summed E-state index contributed by atoms with van der Waals surface area (Å²) in [6, 6.07) is 1.42. The van der Waals surface area contributed by atoms with E-state index in [4.69, 9.17) is 5.21 Å². The van der Waals surface area contributed by atoms with Crippen LogP contribution in [0.25, 0.3) is 0 Å². The first-order valence-electron chi connectivity index (χ1n) is 4.84. The van der Waals surface area contributed by atoms with E-state index in [2.05, 4.69) is 15.4 Å². The third-order valence-electron chi connectivity index (χ3n) is 2.53. The fourth-order valence-electron chi connectivity index (χ4n) is 1.61. The Balaban J connectivity index is 2.15. The van der Waals surface area contributed by atoms with Gasteiger partial charge in [0.15, 0.2) is 5.03 Å². The van der Waals surface area contributed by atoms with Crippen LogP contribution in [0.15, 0.2) is 22.4 Å². The Morgan fingerprint density at radius 3 is 2.62 bits per heavy atom. The lowest BCUT2D eigenvalue weighted by molar-refractivity contribution is 0.309. The van der Waals surface area contributed by atoms with Gasteiger partial charge in [-0.25, -0.2) is 8.42 Å². The van der Waals surface area contributed by atoms with Gasteiger partial charge in [0.2, 0.25) is 0 Å². The van der Waals surface area contributed by atoms with E-state index in [-0.39, 0.29) is 5.03 Å². The summed E-state index contributed by atoms with van der Waals surface area (Å²) in [4.78, 5) is 0. The van der Waals surface area contributed by atoms with E-state index < -0.39 is 10.0 Å². The maximum absolute atomic E-state index is 12.0. The van der Waals surface area contributed by atoms with Gasteiger partial charge in [-0.3, -0.25) is 5.10 Å². The molecule has 7 nitrogen and oxygen atoms in total. The first-order chi connectivity index (χ1) is 7.64. The quantitative estimate of drug-likeness (QED) is 0.566. The predicted octanol–water partition coefficient (Wildman–Crippen LogP) is 0.0244. The zero-order chi connectivity index (χ0) is 11.6. The van der Waals surface area contributed by atoms with E-state index in [0.717, 1.165) is 0 Å². The average Bonchev–Trinajstić information content (AvgIpc) is 2.83. The number of H-pyrrole nitrogens is 1. The van der Waals surface area contributed by atoms with Crippen LogP contribution in [0.1, 0.15) is 12.8 Å². The van der Waals surface area contributed by atoms with E-state index in [1.54, 1.807) is 0 Å². The fourth-order valence-corrected chi connectivity index (χ4v) is 2.95. The van der Waals surface area contributed by atoms with Crippen molar-refractivity contribution in [2.45, 2.75) is 17.9 Å². The van der Waals surface area contributed by atoms with E-state index in [9.17, 15) is 8.42 Å². The molecule has 1 aliphatic heterocycles. The fraction of sp³-hybridized carbons (Fsp3) is 0.500. The minimum Gasteiger partial charge on any atom is -0.411 e. The van der Waals surface area contributed by atoms with Gasteiger partial charge in [0.25, 0.3) is 10.0 Å². The number of piperidine rings is 1. The van der Waals surface area contributed by atoms with Crippen molar-refractivity contribution in [2.24, 2.45) is 5.16 Å². The molecule has 1 fully saturated rings. The van der Waals surface area contributed by atoms with Gasteiger partial charge in [-0.05, 0) is 6.07 Å². The normalized spacial score (nSPS) is 18.6. The molecule has 0 aromatic carbocycles. The summed E-state index contributed by atoms with van der Waals surface area (Å²) >= 11 is 0. The van der Waals surface area contributed by atoms with Gasteiger partial charge in [0.05, 0.1) is 11.9 Å². The molecule has 0 bridgehead atoms. The molecule has 0 atom stereocenters. The number of nitrogens with zero attached hydrogens (tertiary/aromatic N) is 3. The Bertz CT molecular complexity index is 469. The highest BCUT2D eigenvalue weighted by Gasteiger charge is 2.28. The van der Waals surface area contributed by atoms with Crippen LogP contribution in [0.4, 0.5) is 0 Å². The van der Waals surface area contributed by atoms with Gasteiger partial charge in [-0.1, -0.05) is 5.16 Å². The van der Waals surface area contributed by atoms with Crippen LogP contribution in [0.2, 0.25) is 0 Å². The Morgan fingerprint density at radius 2 is 2.12 bits per heavy atom. The number of aromatic amines is 1. The van der Waals surface area contributed by atoms with E-state index >= 15 is 0 Å². The SMILES string of the molecule is O=S(=O)(c1ccn[nH]1)N1CCC(=NO)CC1. The number of aromatic nitrogens is 2. The minimum absolute atomic E-state index is 0.0943. The highest BCUT2D eigenvalue weighted by Crippen LogP contribution is 2.17. The largest absolute Gasteiger partial charge is 0.411 e. The van der Waals surface area contributed by atoms with Gasteiger partial charge >= 0.3 is 0 Å². The summed E-state index contributed by atoms with van der Waals surface area (Å²) < 4.78 is 25.3. The third kappa shape index (κ3) is 1.93. The zero-order valence-electron chi connectivity index (χ0n) is 8.50. The Labute approximate surface area is 92.8 Å². The number of nitrogens with one attached hydrogen (secondary N) is 1. The molecule has 1 aromatic heterocycles. The second-order valence-corrected chi connectivity index (χ2v) is 5.40. The van der Waals surface area contributed by atoms with Gasteiger partial charge in [0.1, 0.15) is 0 Å². The monoisotopic (exact) mass is 244 g/mol. The zero-order valence-corrected chi connectivity index (χ0v) is 9.31. The number of rotatable bonds is 2. The smallest absolute Gasteiger partial charge is 0.259 e. The molecule has 2 heterocycles. The third-order valence-corrected chi connectivity index (χ3v) is 4.36. The van der Waals surface area contributed by atoms with Crippen molar-refractivity contribution >= 4 is 15.7 Å². The molecular weight excluding hydrogens is 232 g/mol. The molecule has 0 aliphatic carbocycles. The van der Waals surface area contributed by atoms with Crippen molar-refractivity contribution < 1.29 is 13.6 Å². The van der Waals surface area contributed by atoms with Crippen molar-refractivity contribution in [3.8, 4) is 0 Å². The predicted molar refractivity (Wildman–Crippen MR) is 55.8 cm³/mol. The van der Waals surface area contributed by atoms with Gasteiger partial charge < -0.3 is 5.21 Å². The summed E-state index contributed by atoms with van der Waals surface area (Å²) in [7, 11) is -3.47. The summed E-state index contributed by atoms with van der Waals surface area (Å²) in [6.07, 6.45) is 2.32. The topological polar surface area (TPSA) is 98.7 Å². The lowest BCUT2D eigenvalue weighted by Crippen LogP contribution is -2.38. The molecule has 16 heavy (non-hydrogen) atoms. The molecule has 0 unspecified atom stereocenters. The van der Waals surface area contributed by atoms with Crippen molar-refractivity contribution in [3.05, 3.63) is 12.3 Å². The van der Waals surface area contributed by atoms with E-state index in [0.29, 0.717) is 31.6 Å². The second-order valence-electron chi connectivity index (χ2n) is 3.49. The summed E-state index contributed by atoms with van der Waals surface area (Å²) in [5.41, 5.74) is 0.635.